The van der Waals surface area contributed by atoms with Crippen LogP contribution in [0.25, 0.3) is 90.2 Å². The van der Waals surface area contributed by atoms with E-state index in [0.717, 1.165) is 201 Å². The number of piperazine rings is 4. The Morgan fingerprint density at radius 1 is 0.326 bits per heavy atom. The number of rotatable bonds is 17. The van der Waals surface area contributed by atoms with Gasteiger partial charge >= 0.3 is 0 Å². The van der Waals surface area contributed by atoms with Gasteiger partial charge in [-0.1, -0.05) is 41.5 Å². The molecule has 4 aliphatic rings. The van der Waals surface area contributed by atoms with Crippen LogP contribution in [0.4, 0.5) is 22.7 Å². The summed E-state index contributed by atoms with van der Waals surface area (Å²) in [5.74, 6) is 0. The summed E-state index contributed by atoms with van der Waals surface area (Å²) in [4.78, 5) is 106. The fraction of sp³-hybridized carbons (Fsp3) is 0.417. The summed E-state index contributed by atoms with van der Waals surface area (Å²) >= 11 is 0. The number of likely N-dealkylation sites (N-methyl/N-ethyl adjacent to an activating group) is 1. The van der Waals surface area contributed by atoms with Crippen LogP contribution in [-0.2, 0) is 25.7 Å². The predicted octanol–water partition coefficient (Wildman–Crippen LogP) is 10.2. The van der Waals surface area contributed by atoms with Crippen LogP contribution < -0.4 is 47.2 Å². The van der Waals surface area contributed by atoms with E-state index in [9.17, 15) is 24.3 Å². The zero-order valence-corrected chi connectivity index (χ0v) is 76.5. The molecule has 670 valence electrons. The minimum absolute atomic E-state index is 0.100. The van der Waals surface area contributed by atoms with Crippen LogP contribution in [0.15, 0.2) is 166 Å². The number of anilines is 4. The van der Waals surface area contributed by atoms with Gasteiger partial charge in [0.05, 0.1) is 145 Å². The molecule has 2 N–H and O–H groups in total. The van der Waals surface area contributed by atoms with E-state index in [4.69, 9.17) is 19.9 Å². The third-order valence-corrected chi connectivity index (χ3v) is 25.2. The normalized spacial score (nSPS) is 17.9. The number of nitrogens with zero attached hydrogens (tertiary/aromatic N) is 27. The molecule has 0 spiro atoms. The Bertz CT molecular complexity index is 6900. The minimum Gasteiger partial charge on any atom is -0.395 e. The van der Waals surface area contributed by atoms with Crippen LogP contribution >= 0.6 is 0 Å². The van der Waals surface area contributed by atoms with Crippen molar-refractivity contribution in [3.63, 3.8) is 0 Å². The van der Waals surface area contributed by atoms with Crippen molar-refractivity contribution in [3.8, 4) is 45.6 Å². The lowest BCUT2D eigenvalue weighted by Gasteiger charge is -2.40. The molecular weight excluding hydrogens is 1630 g/mol. The summed E-state index contributed by atoms with van der Waals surface area (Å²) in [7, 11) is 0. The van der Waals surface area contributed by atoms with Crippen molar-refractivity contribution < 1.29 is 5.11 Å². The lowest BCUT2D eigenvalue weighted by atomic mass is 10.1. The molecule has 4 aliphatic heterocycles. The Labute approximate surface area is 747 Å². The summed E-state index contributed by atoms with van der Waals surface area (Å²) < 4.78 is 13.8. The maximum atomic E-state index is 13.1. The number of nitrogens with one attached hydrogen (secondary N) is 1. The molecule has 33 heteroatoms. The zero-order valence-electron chi connectivity index (χ0n) is 76.5. The monoisotopic (exact) mass is 1740 g/mol. The Balaban J connectivity index is 0.000000121. The molecule has 16 aromatic rings. The van der Waals surface area contributed by atoms with Crippen molar-refractivity contribution in [2.75, 3.05) is 118 Å². The Hall–Kier alpha value is -13.1. The van der Waals surface area contributed by atoms with Gasteiger partial charge in [-0.25, -0.2) is 38.0 Å². The molecule has 20 rings (SSSR count). The second kappa shape index (κ2) is 37.3. The molecule has 4 saturated heterocycles. The molecule has 129 heavy (non-hydrogen) atoms. The number of aliphatic hydroxyl groups excluding tert-OH is 1. The van der Waals surface area contributed by atoms with E-state index >= 15 is 0 Å². The highest BCUT2D eigenvalue weighted by Crippen LogP contribution is 2.30. The van der Waals surface area contributed by atoms with Crippen molar-refractivity contribution in [3.05, 3.63) is 234 Å². The van der Waals surface area contributed by atoms with E-state index in [1.807, 2.05) is 156 Å². The summed E-state index contributed by atoms with van der Waals surface area (Å²) in [5.41, 5.74) is 22.5. The number of aryl methyl sites for hydroxylation is 8. The smallest absolute Gasteiger partial charge is 0.258 e. The van der Waals surface area contributed by atoms with Gasteiger partial charge in [0, 0.05) is 158 Å². The van der Waals surface area contributed by atoms with Gasteiger partial charge in [-0.15, -0.1) is 0 Å². The first-order chi connectivity index (χ1) is 62.3. The van der Waals surface area contributed by atoms with Gasteiger partial charge in [0.2, 0.25) is 0 Å². The van der Waals surface area contributed by atoms with Gasteiger partial charge in [-0.05, 0) is 180 Å². The van der Waals surface area contributed by atoms with Crippen LogP contribution in [0.2, 0.25) is 0 Å². The van der Waals surface area contributed by atoms with Crippen molar-refractivity contribution in [1.82, 2.24) is 116 Å². The molecule has 0 amide bonds. The molecule has 0 unspecified atom stereocenters. The summed E-state index contributed by atoms with van der Waals surface area (Å²) in [6, 6.07) is 32.1. The van der Waals surface area contributed by atoms with Gasteiger partial charge in [-0.2, -0.15) is 20.4 Å². The predicted molar refractivity (Wildman–Crippen MR) is 507 cm³/mol. The Morgan fingerprint density at radius 3 is 0.868 bits per heavy atom. The standard InChI is InChI=1S/C25H31N7O.C24H29N7O2.C24H29N7O.C23H27N7O/c1-5-9-29-10-11-30(15-18(29)4)19-7-8-24-27-21(13-25(33)31(24)16-19)22-12-23-20(6-2)26-17(3)14-32(23)28-22;1-4-19-22-11-21(27-31(22)13-16(2)25-19)20-12-24(33)30-15-18(5-6-23(30)26-20)29-8-7-28(9-10-32)17(3)14-29;1-5-19-22-11-21(27-31(22)13-16(3)25-19)20-12-24(32)30-15-18(7-8-23(30)26-20)29-10-9-28(6-2)17(4)14-29;1-5-18-21-8-20(27-30(21)12-16(4)25-18)19-9-23(31)29-13-17(6-7-22(29)26-19)28-10-14(2)24-15(3)11-28/h7-8,12-14,16,18H,5-6,9-11,15H2,1-4H3;5-6,11-13,15,17,32H,4,7-10,14H2,1-3H3;7-8,11-13,15,17H,5-6,9-10,14H2,1-4H3;6-9,12-15,24H,5,10-11H2,1-4H3/t18-;2*17-;14-,15+/m111./s1. The SMILES string of the molecule is CCCN1CCN(c2ccc3nc(-c4cc5c(CC)nc(C)cn5n4)cc(=O)n3c2)C[C@H]1C.CCc1nc(C)cn2nc(-c3cc(=O)n4cc(N5CCN(CC)[C@H](C)C5)ccc4n3)cc12.CCc1nc(C)cn2nc(-c3cc(=O)n4cc(N5CCN(CCO)[C@H](C)C5)ccc4n3)cc12.CCc1nc(C)cn2nc(-c3cc(=O)n4cc(N5C[C@@H](C)N[C@@H](C)C5)ccc4n3)cc12. The lowest BCUT2D eigenvalue weighted by molar-refractivity contribution is 0.146. The summed E-state index contributed by atoms with van der Waals surface area (Å²) in [6.45, 7) is 45.0. The quantitative estimate of drug-likeness (QED) is 0.0856. The molecule has 5 atom stereocenters. The molecule has 0 aromatic carbocycles. The van der Waals surface area contributed by atoms with Gasteiger partial charge in [0.25, 0.3) is 22.2 Å². The lowest BCUT2D eigenvalue weighted by Crippen LogP contribution is -2.54. The van der Waals surface area contributed by atoms with Gasteiger partial charge in [-0.3, -0.25) is 71.4 Å². The molecule has 0 radical (unpaired) electrons. The molecule has 0 saturated carbocycles. The average Bonchev–Trinajstić information content (AvgIpc) is 1.55. The number of β-amino-alcohol motifs (C(OH)–C–C–N with tert-alkyl or cyclic N) is 1. The molecular formula is C96H116N28O5. The van der Waals surface area contributed by atoms with Crippen LogP contribution in [0.5, 0.6) is 0 Å². The highest BCUT2D eigenvalue weighted by Gasteiger charge is 2.29. The van der Waals surface area contributed by atoms with Crippen molar-refractivity contribution in [2.24, 2.45) is 0 Å². The number of aliphatic hydroxyl groups is 1. The fourth-order valence-electron chi connectivity index (χ4n) is 18.7. The molecule has 0 aliphatic carbocycles. The molecule has 4 fully saturated rings. The number of hydrogen-bond acceptors (Lipinski definition) is 25. The van der Waals surface area contributed by atoms with Crippen molar-refractivity contribution >= 4 is 67.4 Å². The molecule has 0 bridgehead atoms. The first kappa shape index (κ1) is 88.0. The van der Waals surface area contributed by atoms with Crippen LogP contribution in [0, 0.1) is 27.7 Å². The first-order valence-corrected chi connectivity index (χ1v) is 45.5. The maximum Gasteiger partial charge on any atom is 0.258 e. The highest BCUT2D eigenvalue weighted by atomic mass is 16.3. The fourth-order valence-corrected chi connectivity index (χ4v) is 18.7. The van der Waals surface area contributed by atoms with Gasteiger partial charge in [0.1, 0.15) is 45.4 Å². The summed E-state index contributed by atoms with van der Waals surface area (Å²) in [5, 5.41) is 31.4. The second-order valence-electron chi connectivity index (χ2n) is 34.7. The second-order valence-corrected chi connectivity index (χ2v) is 34.7. The van der Waals surface area contributed by atoms with Gasteiger partial charge in [0.15, 0.2) is 0 Å². The van der Waals surface area contributed by atoms with Crippen molar-refractivity contribution in [1.29, 1.82) is 0 Å². The average molecular weight is 1740 g/mol. The number of fused-ring (bicyclic) bond motifs is 8. The van der Waals surface area contributed by atoms with E-state index in [0.29, 0.717) is 105 Å². The van der Waals surface area contributed by atoms with Crippen LogP contribution in [0.3, 0.4) is 0 Å². The largest absolute Gasteiger partial charge is 0.395 e. The first-order valence-electron chi connectivity index (χ1n) is 45.5. The maximum absolute atomic E-state index is 13.1. The summed E-state index contributed by atoms with van der Waals surface area (Å²) in [6.07, 6.45) is 19.6. The van der Waals surface area contributed by atoms with E-state index < -0.39 is 0 Å². The third-order valence-electron chi connectivity index (χ3n) is 25.2. The van der Waals surface area contributed by atoms with Crippen LogP contribution in [0.1, 0.15) is 128 Å². The number of pyridine rings is 4. The van der Waals surface area contributed by atoms with E-state index in [1.54, 1.807) is 41.9 Å². The van der Waals surface area contributed by atoms with Crippen molar-refractivity contribution in [2.45, 2.75) is 166 Å². The van der Waals surface area contributed by atoms with E-state index in [2.05, 4.69) is 168 Å². The number of hydrogen-bond donors (Lipinski definition) is 2. The Morgan fingerprint density at radius 2 is 0.605 bits per heavy atom. The minimum atomic E-state index is -0.133. The van der Waals surface area contributed by atoms with E-state index in [1.165, 1.54) is 6.42 Å². The topological polar surface area (TPSA) is 313 Å². The zero-order chi connectivity index (χ0) is 90.3. The third kappa shape index (κ3) is 18.4. The van der Waals surface area contributed by atoms with Gasteiger partial charge < -0.3 is 30.0 Å². The molecule has 33 nitrogen and oxygen atoms in total. The Kier molecular flexibility index (Phi) is 25.4. The molecule has 16 aromatic heterocycles. The molecule has 20 heterocycles. The van der Waals surface area contributed by atoms with Crippen LogP contribution in [-0.4, -0.2) is 244 Å². The number of aromatic nitrogens is 20. The van der Waals surface area contributed by atoms with E-state index in [-0.39, 0.29) is 28.8 Å². The highest BCUT2D eigenvalue weighted by molar-refractivity contribution is 5.72.